The van der Waals surface area contributed by atoms with Gasteiger partial charge in [-0.2, -0.15) is 0 Å². The second kappa shape index (κ2) is 8.09. The summed E-state index contributed by atoms with van der Waals surface area (Å²) < 4.78 is 1.35. The molecule has 2 aromatic heterocycles. The average molecular weight is 362 g/mol. The Morgan fingerprint density at radius 3 is 2.48 bits per heavy atom. The molecular formula is C20H18N4O3. The molecule has 136 valence electrons. The summed E-state index contributed by atoms with van der Waals surface area (Å²) in [6.07, 6.45) is 4.81. The first-order valence-electron chi connectivity index (χ1n) is 8.30. The molecule has 2 N–H and O–H groups in total. The largest absolute Gasteiger partial charge is 0.325 e. The molecule has 27 heavy (non-hydrogen) atoms. The zero-order valence-corrected chi connectivity index (χ0v) is 14.7. The Kier molecular flexibility index (Phi) is 5.41. The van der Waals surface area contributed by atoms with E-state index in [2.05, 4.69) is 15.6 Å². The van der Waals surface area contributed by atoms with Gasteiger partial charge < -0.3 is 15.2 Å². The lowest BCUT2D eigenvalue weighted by Gasteiger charge is -2.09. The van der Waals surface area contributed by atoms with Crippen LogP contribution in [0, 0.1) is 6.92 Å². The third-order valence-corrected chi connectivity index (χ3v) is 3.80. The van der Waals surface area contributed by atoms with E-state index in [0.717, 1.165) is 5.56 Å². The van der Waals surface area contributed by atoms with Crippen LogP contribution in [0.4, 0.5) is 11.4 Å². The number of nitrogens with zero attached hydrogens (tertiary/aromatic N) is 2. The molecule has 0 aliphatic heterocycles. The van der Waals surface area contributed by atoms with Crippen LogP contribution in [-0.4, -0.2) is 21.4 Å². The molecule has 0 atom stereocenters. The number of hydrogen-bond donors (Lipinski definition) is 2. The Bertz CT molecular complexity index is 1010. The van der Waals surface area contributed by atoms with Crippen molar-refractivity contribution in [1.82, 2.24) is 9.55 Å². The molecule has 3 rings (SSSR count). The summed E-state index contributed by atoms with van der Waals surface area (Å²) in [6, 6.07) is 13.1. The Balaban J connectivity index is 1.61. The van der Waals surface area contributed by atoms with Crippen molar-refractivity contribution < 1.29 is 9.59 Å². The normalized spacial score (nSPS) is 10.3. The van der Waals surface area contributed by atoms with Gasteiger partial charge in [-0.1, -0.05) is 6.07 Å². The summed E-state index contributed by atoms with van der Waals surface area (Å²) in [5, 5.41) is 5.45. The minimum absolute atomic E-state index is 0.0796. The van der Waals surface area contributed by atoms with Crippen LogP contribution in [0.25, 0.3) is 0 Å². The van der Waals surface area contributed by atoms with Gasteiger partial charge in [-0.3, -0.25) is 19.4 Å². The summed E-state index contributed by atoms with van der Waals surface area (Å²) in [5.74, 6) is -0.595. The molecule has 1 aromatic carbocycles. The van der Waals surface area contributed by atoms with Crippen LogP contribution >= 0.6 is 0 Å². The van der Waals surface area contributed by atoms with Gasteiger partial charge >= 0.3 is 0 Å². The Hall–Kier alpha value is -3.74. The summed E-state index contributed by atoms with van der Waals surface area (Å²) in [5.41, 5.74) is 2.25. The van der Waals surface area contributed by atoms with Crippen LogP contribution in [0.3, 0.4) is 0 Å². The second-order valence-corrected chi connectivity index (χ2v) is 5.99. The Labute approximate surface area is 155 Å². The molecule has 0 saturated heterocycles. The van der Waals surface area contributed by atoms with E-state index in [0.29, 0.717) is 16.9 Å². The molecule has 0 radical (unpaired) electrons. The summed E-state index contributed by atoms with van der Waals surface area (Å²) in [4.78, 5) is 40.0. The number of amides is 2. The highest BCUT2D eigenvalue weighted by atomic mass is 16.2. The number of pyridine rings is 2. The van der Waals surface area contributed by atoms with Crippen molar-refractivity contribution >= 4 is 23.2 Å². The molecule has 3 aromatic rings. The SMILES string of the molecule is Cc1ccc(=O)n(CC(=O)Nc2ccc(C(=O)Nc3cccnc3)cc2)c1. The van der Waals surface area contributed by atoms with E-state index in [9.17, 15) is 14.4 Å². The zero-order chi connectivity index (χ0) is 19.2. The van der Waals surface area contributed by atoms with Crippen molar-refractivity contribution in [3.63, 3.8) is 0 Å². The molecule has 0 saturated carbocycles. The van der Waals surface area contributed by atoms with Crippen molar-refractivity contribution in [3.05, 3.63) is 88.6 Å². The summed E-state index contributed by atoms with van der Waals surface area (Å²) in [6.45, 7) is 1.77. The van der Waals surface area contributed by atoms with Gasteiger partial charge in [0.25, 0.3) is 11.5 Å². The molecule has 0 fully saturated rings. The summed E-state index contributed by atoms with van der Waals surface area (Å²) in [7, 11) is 0. The maximum atomic E-state index is 12.2. The Morgan fingerprint density at radius 2 is 1.78 bits per heavy atom. The average Bonchev–Trinajstić information content (AvgIpc) is 2.66. The highest BCUT2D eigenvalue weighted by Crippen LogP contribution is 2.12. The van der Waals surface area contributed by atoms with Crippen LogP contribution in [0.15, 0.2) is 71.9 Å². The lowest BCUT2D eigenvalue weighted by Crippen LogP contribution is -2.26. The molecule has 0 aliphatic carbocycles. The van der Waals surface area contributed by atoms with E-state index in [-0.39, 0.29) is 23.9 Å². The van der Waals surface area contributed by atoms with E-state index >= 15 is 0 Å². The maximum absolute atomic E-state index is 12.2. The lowest BCUT2D eigenvalue weighted by atomic mass is 10.2. The quantitative estimate of drug-likeness (QED) is 0.729. The molecule has 2 heterocycles. The smallest absolute Gasteiger partial charge is 0.255 e. The fourth-order valence-electron chi connectivity index (χ4n) is 2.47. The van der Waals surface area contributed by atoms with Gasteiger partial charge in [-0.05, 0) is 48.9 Å². The monoisotopic (exact) mass is 362 g/mol. The first-order chi connectivity index (χ1) is 13.0. The lowest BCUT2D eigenvalue weighted by molar-refractivity contribution is -0.116. The first-order valence-corrected chi connectivity index (χ1v) is 8.30. The van der Waals surface area contributed by atoms with Crippen molar-refractivity contribution in [2.45, 2.75) is 13.5 Å². The first kappa shape index (κ1) is 18.1. The predicted octanol–water partition coefficient (Wildman–Crippen LogP) is 2.44. The number of rotatable bonds is 5. The van der Waals surface area contributed by atoms with Crippen LogP contribution in [0.2, 0.25) is 0 Å². The van der Waals surface area contributed by atoms with E-state index in [1.54, 1.807) is 61.1 Å². The second-order valence-electron chi connectivity index (χ2n) is 5.99. The highest BCUT2D eigenvalue weighted by Gasteiger charge is 2.08. The van der Waals surface area contributed by atoms with Gasteiger partial charge in [-0.25, -0.2) is 0 Å². The van der Waals surface area contributed by atoms with Crippen LogP contribution in [0.5, 0.6) is 0 Å². The van der Waals surface area contributed by atoms with E-state index in [1.165, 1.54) is 10.6 Å². The van der Waals surface area contributed by atoms with Gasteiger partial charge in [0.1, 0.15) is 6.54 Å². The third kappa shape index (κ3) is 4.88. The van der Waals surface area contributed by atoms with E-state index in [4.69, 9.17) is 0 Å². The minimum atomic E-state index is -0.324. The highest BCUT2D eigenvalue weighted by molar-refractivity contribution is 6.04. The number of hydrogen-bond acceptors (Lipinski definition) is 4. The van der Waals surface area contributed by atoms with E-state index < -0.39 is 0 Å². The fourth-order valence-corrected chi connectivity index (χ4v) is 2.47. The topological polar surface area (TPSA) is 93.1 Å². The molecular weight excluding hydrogens is 344 g/mol. The van der Waals surface area contributed by atoms with Gasteiger partial charge in [0.05, 0.1) is 11.9 Å². The Morgan fingerprint density at radius 1 is 1.00 bits per heavy atom. The van der Waals surface area contributed by atoms with Crippen LogP contribution in [0.1, 0.15) is 15.9 Å². The fraction of sp³-hybridized carbons (Fsp3) is 0.100. The number of nitrogens with one attached hydrogen (secondary N) is 2. The molecule has 0 bridgehead atoms. The van der Waals surface area contributed by atoms with Gasteiger partial charge in [-0.15, -0.1) is 0 Å². The summed E-state index contributed by atoms with van der Waals surface area (Å²) >= 11 is 0. The maximum Gasteiger partial charge on any atom is 0.255 e. The molecule has 2 amide bonds. The molecule has 0 aliphatic rings. The molecule has 0 spiro atoms. The van der Waals surface area contributed by atoms with Gasteiger partial charge in [0, 0.05) is 29.7 Å². The van der Waals surface area contributed by atoms with Gasteiger partial charge in [0.2, 0.25) is 5.91 Å². The van der Waals surface area contributed by atoms with E-state index in [1.807, 2.05) is 6.92 Å². The molecule has 7 heteroatoms. The number of aryl methyl sites for hydroxylation is 1. The predicted molar refractivity (Wildman–Crippen MR) is 103 cm³/mol. The van der Waals surface area contributed by atoms with Crippen molar-refractivity contribution in [3.8, 4) is 0 Å². The number of carbonyl (C=O) groups excluding carboxylic acids is 2. The van der Waals surface area contributed by atoms with Crippen molar-refractivity contribution in [1.29, 1.82) is 0 Å². The van der Waals surface area contributed by atoms with Crippen molar-refractivity contribution in [2.75, 3.05) is 10.6 Å². The number of carbonyl (C=O) groups is 2. The van der Waals surface area contributed by atoms with Crippen LogP contribution < -0.4 is 16.2 Å². The zero-order valence-electron chi connectivity index (χ0n) is 14.7. The minimum Gasteiger partial charge on any atom is -0.325 e. The standard InChI is InChI=1S/C20H18N4O3/c1-14-4-9-19(26)24(12-14)13-18(25)22-16-7-5-15(6-8-16)20(27)23-17-3-2-10-21-11-17/h2-12H,13H2,1H3,(H,22,25)(H,23,27). The third-order valence-electron chi connectivity index (χ3n) is 3.80. The number of anilines is 2. The molecule has 0 unspecified atom stereocenters. The number of aromatic nitrogens is 2. The van der Waals surface area contributed by atoms with Crippen molar-refractivity contribution in [2.24, 2.45) is 0 Å². The molecule has 7 nitrogen and oxygen atoms in total. The van der Waals surface area contributed by atoms with Gasteiger partial charge in [0.15, 0.2) is 0 Å². The number of benzene rings is 1. The van der Waals surface area contributed by atoms with Crippen LogP contribution in [-0.2, 0) is 11.3 Å².